The third-order valence-corrected chi connectivity index (χ3v) is 13.9. The van der Waals surface area contributed by atoms with Gasteiger partial charge in [0.05, 0.1) is 8.22 Å². The molecule has 0 saturated carbocycles. The molecule has 0 atom stereocenters. The van der Waals surface area contributed by atoms with Crippen LogP contribution in [0, 0.1) is 83.0 Å². The lowest BCUT2D eigenvalue weighted by atomic mass is 9.97. The second kappa shape index (κ2) is 27.1. The molecule has 0 aliphatic carbocycles. The second-order valence-corrected chi connectivity index (χ2v) is 20.0. The van der Waals surface area contributed by atoms with Crippen LogP contribution in [0.25, 0.3) is 56.3 Å². The Bertz CT molecular complexity index is 3980. The molecule has 0 radical (unpaired) electrons. The molecule has 5 aromatic carbocycles. The zero-order valence-corrected chi connectivity index (χ0v) is 48.2. The molecule has 5 aromatic heterocycles. The van der Waals surface area contributed by atoms with E-state index in [1.165, 1.54) is 88.5 Å². The second-order valence-electron chi connectivity index (χ2n) is 20.0. The van der Waals surface area contributed by atoms with Crippen molar-refractivity contribution in [2.75, 3.05) is 0 Å². The van der Waals surface area contributed by atoms with Crippen molar-refractivity contribution in [1.82, 2.24) is 0 Å². The van der Waals surface area contributed by atoms with E-state index >= 15 is 0 Å². The largest absolute Gasteiger partial charge is 0.215 e. The molecule has 10 rings (SSSR count). The van der Waals surface area contributed by atoms with Gasteiger partial charge >= 0.3 is 0 Å². The summed E-state index contributed by atoms with van der Waals surface area (Å²) in [5.41, 5.74) is 23.5. The number of nitrogens with zero attached hydrogens (tertiary/aromatic N) is 5. The number of hydrogen-bond donors (Lipinski definition) is 0. The predicted molar refractivity (Wildman–Crippen MR) is 322 cm³/mol. The van der Waals surface area contributed by atoms with Gasteiger partial charge in [-0.2, -0.15) is 4.57 Å². The Labute approximate surface area is 476 Å². The van der Waals surface area contributed by atoms with E-state index in [0.29, 0.717) is 22.4 Å². The van der Waals surface area contributed by atoms with Crippen LogP contribution in [0.3, 0.4) is 0 Å². The van der Waals surface area contributed by atoms with E-state index in [1.807, 2.05) is 48.9 Å². The predicted octanol–water partition coefficient (Wildman–Crippen LogP) is 14.6. The van der Waals surface area contributed by atoms with Gasteiger partial charge in [-0.15, -0.1) is 0 Å². The minimum Gasteiger partial charge on any atom is -0.201 e. The van der Waals surface area contributed by atoms with Crippen LogP contribution in [-0.4, -0.2) is 0 Å². The van der Waals surface area contributed by atoms with Gasteiger partial charge in [0.1, 0.15) is 36.6 Å². The Morgan fingerprint density at radius 2 is 0.909 bits per heavy atom. The lowest BCUT2D eigenvalue weighted by Crippen LogP contribution is -2.34. The first-order chi connectivity index (χ1) is 40.9. The van der Waals surface area contributed by atoms with E-state index in [2.05, 4.69) is 206 Å². The molecular formula is C72H84N5+5. The monoisotopic (exact) mass is 1030 g/mol. The van der Waals surface area contributed by atoms with Crippen molar-refractivity contribution in [1.29, 1.82) is 0 Å². The molecule has 77 heavy (non-hydrogen) atoms. The van der Waals surface area contributed by atoms with Gasteiger partial charge in [-0.1, -0.05) is 90.4 Å². The third kappa shape index (κ3) is 15.0. The van der Waals surface area contributed by atoms with E-state index in [0.717, 1.165) is 11.3 Å². The topological polar surface area (TPSA) is 19.4 Å². The van der Waals surface area contributed by atoms with Crippen LogP contribution in [-0.2, 0) is 35.2 Å². The first kappa shape index (κ1) is 45.1. The summed E-state index contributed by atoms with van der Waals surface area (Å²) >= 11 is 0. The Morgan fingerprint density at radius 3 is 1.52 bits per heavy atom. The minimum absolute atomic E-state index is 0.107. The van der Waals surface area contributed by atoms with Crippen LogP contribution in [0.5, 0.6) is 0 Å². The van der Waals surface area contributed by atoms with Crippen LogP contribution < -0.4 is 22.8 Å². The highest BCUT2D eigenvalue weighted by Crippen LogP contribution is 2.27. The Morgan fingerprint density at radius 1 is 0.351 bits per heavy atom. The average Bonchev–Trinajstić information content (AvgIpc) is 0.809. The molecule has 0 aliphatic heterocycles. The van der Waals surface area contributed by atoms with Gasteiger partial charge in [-0.05, 0) is 164 Å². The highest BCUT2D eigenvalue weighted by atomic mass is 14.9. The molecule has 392 valence electrons. The summed E-state index contributed by atoms with van der Waals surface area (Å²) in [6, 6.07) is 46.9. The summed E-state index contributed by atoms with van der Waals surface area (Å²) in [4.78, 5) is 0. The normalized spacial score (nSPS) is 12.4. The summed E-state index contributed by atoms with van der Waals surface area (Å²) in [6.07, 6.45) is 5.75. The molecular weight excluding hydrogens is 935 g/mol. The maximum Gasteiger partial charge on any atom is 0.215 e. The zero-order valence-electron chi connectivity index (χ0n) is 58.2. The number of pyridine rings is 5. The molecule has 0 saturated heterocycles. The molecule has 10 aromatic rings. The van der Waals surface area contributed by atoms with Crippen molar-refractivity contribution in [2.24, 2.45) is 35.2 Å². The highest BCUT2D eigenvalue weighted by Gasteiger charge is 2.18. The maximum atomic E-state index is 8.13. The van der Waals surface area contributed by atoms with Crippen molar-refractivity contribution in [2.45, 2.75) is 83.0 Å². The molecule has 0 bridgehead atoms. The van der Waals surface area contributed by atoms with Crippen molar-refractivity contribution < 1.29 is 36.5 Å². The third-order valence-electron chi connectivity index (χ3n) is 13.9. The fraction of sp³-hybridized carbons (Fsp3) is 0.236. The number of benzene rings is 5. The molecule has 5 nitrogen and oxygen atoms in total. The molecule has 0 fully saturated rings. The van der Waals surface area contributed by atoms with Gasteiger partial charge in [0.15, 0.2) is 30.5 Å². The lowest BCUT2D eigenvalue weighted by molar-refractivity contribution is -0.666. The number of hydrogen-bond acceptors (Lipinski definition) is 0. The molecule has 0 N–H and O–H groups in total. The Balaban J connectivity index is 0.000000175. The summed E-state index contributed by atoms with van der Waals surface area (Å²) < 4.78 is 87.3. The van der Waals surface area contributed by atoms with E-state index < -0.39 is 6.85 Å². The standard InChI is InChI=1S/C16H20N.4C14H16N/c1-11-6-7-15(13(3)10-11)16-14(4)12(2)8-9-17(16)5;1-11-7-4-5-9-13(11)14-12(2)8-6-10-15(14)3;1-11-7-4-5-9-13(11)14-10-6-8-12(2)15(14)3;1-11-8-9-15(3)14(10-11)13-7-5-4-6-12(13)2;1-11-8-9-14(15(3)10-11)13-7-5-4-6-12(13)2/h6-10H,1-5H3;4*4-10H,1-3H3/q5*+1/i;4D,5D,6D,7D,8D,9D,10D;;;1D3. The van der Waals surface area contributed by atoms with Crippen LogP contribution in [0.4, 0.5) is 0 Å². The number of aromatic nitrogens is 5. The maximum absolute atomic E-state index is 8.13. The quantitative estimate of drug-likeness (QED) is 0.153. The molecule has 5 heteroatoms. The fourth-order valence-electron chi connectivity index (χ4n) is 9.26. The SMILES string of the molecule is Cc1cc[n+](C)c(-c2ccccc2C)c1.Cc1ccc(-c2c(C)c(C)cc[n+]2C)c(C)c1.Cc1ccccc1-c1cccc(C)[n+]1C.[2H]C([2H])([2H])c1ccc(-c2ccccc2C)[n+](C)c1.[2H]c1c([2H])c([2H])c(-c2c(C)c([2H])c([2H])c([2H])[n+]2C)c(C)c1[2H]. The summed E-state index contributed by atoms with van der Waals surface area (Å²) in [7, 11) is 9.74. The van der Waals surface area contributed by atoms with E-state index in [9.17, 15) is 0 Å². The summed E-state index contributed by atoms with van der Waals surface area (Å²) in [5.74, 6) is 0. The van der Waals surface area contributed by atoms with Gasteiger partial charge in [-0.25, -0.2) is 18.3 Å². The summed E-state index contributed by atoms with van der Waals surface area (Å²) in [6.45, 7) is 20.5. The van der Waals surface area contributed by atoms with Gasteiger partial charge in [0.2, 0.25) is 28.5 Å². The van der Waals surface area contributed by atoms with E-state index in [4.69, 9.17) is 13.7 Å². The van der Waals surface area contributed by atoms with E-state index in [-0.39, 0.29) is 48.0 Å². The number of aryl methyl sites for hydroxylation is 12. The van der Waals surface area contributed by atoms with Crippen LogP contribution in [0.15, 0.2) is 201 Å². The number of rotatable bonds is 5. The van der Waals surface area contributed by atoms with Gasteiger partial charge < -0.3 is 0 Å². The smallest absolute Gasteiger partial charge is 0.201 e. The first-order valence-electron chi connectivity index (χ1n) is 31.1. The van der Waals surface area contributed by atoms with Gasteiger partial charge in [0.25, 0.3) is 0 Å². The van der Waals surface area contributed by atoms with Crippen molar-refractivity contribution in [3.05, 3.63) is 267 Å². The highest BCUT2D eigenvalue weighted by molar-refractivity contribution is 5.66. The van der Waals surface area contributed by atoms with Gasteiger partial charge in [-0.3, -0.25) is 0 Å². The van der Waals surface area contributed by atoms with Crippen LogP contribution in [0.1, 0.15) is 80.6 Å². The molecule has 0 unspecified atom stereocenters. The van der Waals surface area contributed by atoms with Crippen molar-refractivity contribution in [3.8, 4) is 56.3 Å². The van der Waals surface area contributed by atoms with Crippen LogP contribution in [0.2, 0.25) is 0 Å². The van der Waals surface area contributed by atoms with Gasteiger partial charge in [0, 0.05) is 98.0 Å². The minimum atomic E-state index is -2.05. The Hall–Kier alpha value is -8.15. The zero-order chi connectivity index (χ0) is 64.5. The molecule has 0 spiro atoms. The summed E-state index contributed by atoms with van der Waals surface area (Å²) in [5, 5.41) is 0. The Kier molecular flexibility index (Phi) is 15.8. The van der Waals surface area contributed by atoms with E-state index in [1.54, 1.807) is 33.2 Å². The molecule has 0 amide bonds. The fourth-order valence-corrected chi connectivity index (χ4v) is 9.26. The van der Waals surface area contributed by atoms with Crippen molar-refractivity contribution in [3.63, 3.8) is 0 Å². The average molecular weight is 1030 g/mol. The first-order valence-corrected chi connectivity index (χ1v) is 26.1. The molecule has 5 heterocycles. The molecule has 0 aliphatic rings. The van der Waals surface area contributed by atoms with Crippen molar-refractivity contribution >= 4 is 0 Å². The lowest BCUT2D eigenvalue weighted by Gasteiger charge is -2.09. The van der Waals surface area contributed by atoms with Crippen LogP contribution >= 0.6 is 0 Å².